The van der Waals surface area contributed by atoms with Gasteiger partial charge in [-0.05, 0) is 25.7 Å². The summed E-state index contributed by atoms with van der Waals surface area (Å²) in [5.74, 6) is -1.05. The summed E-state index contributed by atoms with van der Waals surface area (Å²) in [6.45, 7) is 5.29. The molecule has 0 unspecified atom stereocenters. The van der Waals surface area contributed by atoms with Gasteiger partial charge in [0.25, 0.3) is 0 Å². The molecule has 1 aromatic carbocycles. The van der Waals surface area contributed by atoms with Gasteiger partial charge in [-0.3, -0.25) is 10.00 Å². The third-order valence-electron chi connectivity index (χ3n) is 6.39. The van der Waals surface area contributed by atoms with Crippen LogP contribution in [0.5, 0.6) is 0 Å². The number of aromatic nitrogens is 3. The normalized spacial score (nSPS) is 16.7. The molecule has 3 aromatic rings. The number of carboxylic acid groups (broad SMARTS) is 1. The SMILES string of the molecule is Cc1onc(-c2ccccc2)c1-c1n[nH]c2c1CN(CC1CCCC1)CC2.O=C(O)C(F)(F)F. The van der Waals surface area contributed by atoms with Crippen molar-refractivity contribution in [2.24, 2.45) is 5.92 Å². The highest BCUT2D eigenvalue weighted by Crippen LogP contribution is 2.37. The van der Waals surface area contributed by atoms with E-state index in [1.54, 1.807) is 0 Å². The van der Waals surface area contributed by atoms with Gasteiger partial charge in [-0.2, -0.15) is 18.3 Å². The van der Waals surface area contributed by atoms with Gasteiger partial charge >= 0.3 is 12.1 Å². The second-order valence-electron chi connectivity index (χ2n) is 8.80. The van der Waals surface area contributed by atoms with Crippen LogP contribution in [0, 0.1) is 12.8 Å². The largest absolute Gasteiger partial charge is 0.490 e. The summed E-state index contributed by atoms with van der Waals surface area (Å²) in [5.41, 5.74) is 6.59. The number of carbonyl (C=O) groups is 1. The number of carboxylic acids is 1. The number of halogens is 3. The Balaban J connectivity index is 0.000000344. The highest BCUT2D eigenvalue weighted by atomic mass is 19.4. The number of aryl methyl sites for hydroxylation is 1. The van der Waals surface area contributed by atoms with Crippen LogP contribution in [0.4, 0.5) is 13.2 Å². The maximum Gasteiger partial charge on any atom is 0.490 e. The van der Waals surface area contributed by atoms with Crippen LogP contribution in [0.25, 0.3) is 22.5 Å². The van der Waals surface area contributed by atoms with Gasteiger partial charge in [0.05, 0.1) is 5.56 Å². The van der Waals surface area contributed by atoms with E-state index in [1.807, 2.05) is 25.1 Å². The Labute approximate surface area is 194 Å². The summed E-state index contributed by atoms with van der Waals surface area (Å²) in [5, 5.41) is 19.5. The smallest absolute Gasteiger partial charge is 0.475 e. The molecule has 0 bridgehead atoms. The monoisotopic (exact) mass is 476 g/mol. The van der Waals surface area contributed by atoms with E-state index in [0.29, 0.717) is 0 Å². The van der Waals surface area contributed by atoms with Crippen molar-refractivity contribution >= 4 is 5.97 Å². The minimum atomic E-state index is -5.08. The lowest BCUT2D eigenvalue weighted by Crippen LogP contribution is -2.34. The van der Waals surface area contributed by atoms with Crippen molar-refractivity contribution in [3.05, 3.63) is 47.3 Å². The Kier molecular flexibility index (Phi) is 7.06. The van der Waals surface area contributed by atoms with Crippen molar-refractivity contribution in [2.75, 3.05) is 13.1 Å². The lowest BCUT2D eigenvalue weighted by molar-refractivity contribution is -0.192. The zero-order chi connectivity index (χ0) is 24.3. The van der Waals surface area contributed by atoms with Crippen LogP contribution in [-0.4, -0.2) is 50.6 Å². The van der Waals surface area contributed by atoms with Crippen molar-refractivity contribution in [2.45, 2.75) is 51.7 Å². The second-order valence-corrected chi connectivity index (χ2v) is 8.80. The van der Waals surface area contributed by atoms with E-state index in [9.17, 15) is 13.2 Å². The lowest BCUT2D eigenvalue weighted by Gasteiger charge is -2.29. The first kappa shape index (κ1) is 24.0. The number of rotatable bonds is 4. The first-order valence-electron chi connectivity index (χ1n) is 11.3. The number of nitrogens with zero attached hydrogens (tertiary/aromatic N) is 3. The molecule has 1 fully saturated rings. The number of H-pyrrole nitrogens is 1. The standard InChI is InChI=1S/C22H26N4O.C2HF3O2/c1-15-20(21(25-27-15)17-9-3-2-4-10-17)22-18-14-26(12-11-19(18)23-24-22)13-16-7-5-6-8-16;3-2(4,5)1(6)7/h2-4,9-10,16H,5-8,11-14H2,1H3,(H,23,24);(H,6,7). The van der Waals surface area contributed by atoms with E-state index >= 15 is 0 Å². The van der Waals surface area contributed by atoms with Crippen molar-refractivity contribution in [3.8, 4) is 22.5 Å². The maximum absolute atomic E-state index is 10.6. The number of alkyl halides is 3. The number of hydrogen-bond donors (Lipinski definition) is 2. The molecule has 0 saturated heterocycles. The minimum absolute atomic E-state index is 0.830. The Morgan fingerprint density at radius 1 is 1.21 bits per heavy atom. The van der Waals surface area contributed by atoms with Crippen LogP contribution in [0.15, 0.2) is 34.9 Å². The number of fused-ring (bicyclic) bond motifs is 1. The first-order valence-corrected chi connectivity index (χ1v) is 11.3. The van der Waals surface area contributed by atoms with Crippen LogP contribution in [0.3, 0.4) is 0 Å². The van der Waals surface area contributed by atoms with Gasteiger partial charge in [0.2, 0.25) is 0 Å². The summed E-state index contributed by atoms with van der Waals surface area (Å²) >= 11 is 0. The predicted octanol–water partition coefficient (Wildman–Crippen LogP) is 5.22. The molecule has 0 amide bonds. The summed E-state index contributed by atoms with van der Waals surface area (Å²) < 4.78 is 37.3. The second kappa shape index (κ2) is 10.0. The molecule has 0 radical (unpaired) electrons. The third kappa shape index (κ3) is 5.32. The van der Waals surface area contributed by atoms with Crippen molar-refractivity contribution in [1.29, 1.82) is 0 Å². The van der Waals surface area contributed by atoms with E-state index < -0.39 is 12.1 Å². The molecule has 0 spiro atoms. The van der Waals surface area contributed by atoms with Crippen LogP contribution in [-0.2, 0) is 17.8 Å². The summed E-state index contributed by atoms with van der Waals surface area (Å²) in [6.07, 6.45) is 1.55. The maximum atomic E-state index is 10.6. The lowest BCUT2D eigenvalue weighted by atomic mass is 9.96. The molecule has 0 atom stereocenters. The Hall–Kier alpha value is -3.14. The number of nitrogens with one attached hydrogen (secondary N) is 1. The number of aromatic amines is 1. The van der Waals surface area contributed by atoms with Gasteiger partial charge in [-0.25, -0.2) is 4.79 Å². The van der Waals surface area contributed by atoms with Gasteiger partial charge in [0.1, 0.15) is 17.1 Å². The zero-order valence-electron chi connectivity index (χ0n) is 18.9. The van der Waals surface area contributed by atoms with Gasteiger partial charge in [0.15, 0.2) is 0 Å². The van der Waals surface area contributed by atoms with Gasteiger partial charge in [0, 0.05) is 42.9 Å². The summed E-state index contributed by atoms with van der Waals surface area (Å²) in [7, 11) is 0. The molecule has 182 valence electrons. The molecule has 1 saturated carbocycles. The van der Waals surface area contributed by atoms with Crippen LogP contribution in [0.1, 0.15) is 42.7 Å². The van der Waals surface area contributed by atoms with Crippen molar-refractivity contribution in [1.82, 2.24) is 20.3 Å². The Morgan fingerprint density at radius 3 is 2.53 bits per heavy atom. The fourth-order valence-electron chi connectivity index (χ4n) is 4.72. The number of benzene rings is 1. The van der Waals surface area contributed by atoms with E-state index in [-0.39, 0.29) is 0 Å². The van der Waals surface area contributed by atoms with Crippen molar-refractivity contribution < 1.29 is 27.6 Å². The van der Waals surface area contributed by atoms with Crippen LogP contribution < -0.4 is 0 Å². The molecule has 2 N–H and O–H groups in total. The van der Waals surface area contributed by atoms with Gasteiger partial charge in [-0.1, -0.05) is 48.3 Å². The molecular weight excluding hydrogens is 449 g/mol. The highest BCUT2D eigenvalue weighted by Gasteiger charge is 2.38. The van der Waals surface area contributed by atoms with Gasteiger partial charge in [-0.15, -0.1) is 0 Å². The molecular formula is C24H27F3N4O3. The molecule has 5 rings (SSSR count). The van der Waals surface area contributed by atoms with E-state index in [2.05, 4.69) is 27.3 Å². The predicted molar refractivity (Wildman–Crippen MR) is 119 cm³/mol. The average Bonchev–Trinajstić information content (AvgIpc) is 3.54. The quantitative estimate of drug-likeness (QED) is 0.536. The van der Waals surface area contributed by atoms with Crippen LogP contribution >= 0.6 is 0 Å². The van der Waals surface area contributed by atoms with Gasteiger partial charge < -0.3 is 9.63 Å². The van der Waals surface area contributed by atoms with Crippen molar-refractivity contribution in [3.63, 3.8) is 0 Å². The Morgan fingerprint density at radius 2 is 1.88 bits per heavy atom. The highest BCUT2D eigenvalue weighted by molar-refractivity contribution is 5.81. The minimum Gasteiger partial charge on any atom is -0.475 e. The molecule has 2 aliphatic rings. The summed E-state index contributed by atoms with van der Waals surface area (Å²) in [4.78, 5) is 11.5. The fraction of sp³-hybridized carbons (Fsp3) is 0.458. The van der Waals surface area contributed by atoms with E-state index in [0.717, 1.165) is 53.7 Å². The van der Waals surface area contributed by atoms with E-state index in [4.69, 9.17) is 19.5 Å². The topological polar surface area (TPSA) is 95.3 Å². The molecule has 1 aliphatic carbocycles. The molecule has 10 heteroatoms. The molecule has 2 aromatic heterocycles. The summed E-state index contributed by atoms with van der Waals surface area (Å²) in [6, 6.07) is 10.2. The molecule has 1 aliphatic heterocycles. The molecule has 34 heavy (non-hydrogen) atoms. The van der Waals surface area contributed by atoms with Crippen LogP contribution in [0.2, 0.25) is 0 Å². The molecule has 3 heterocycles. The zero-order valence-corrected chi connectivity index (χ0v) is 18.9. The number of aliphatic carboxylic acids is 1. The fourth-order valence-corrected chi connectivity index (χ4v) is 4.72. The Bertz CT molecular complexity index is 1120. The first-order chi connectivity index (χ1) is 16.2. The third-order valence-corrected chi connectivity index (χ3v) is 6.39. The molecule has 7 nitrogen and oxygen atoms in total. The average molecular weight is 476 g/mol. The number of hydrogen-bond acceptors (Lipinski definition) is 5. The van der Waals surface area contributed by atoms with E-state index in [1.165, 1.54) is 43.5 Å².